The first-order valence-electron chi connectivity index (χ1n) is 6.41. The molecule has 0 aliphatic heterocycles. The zero-order valence-corrected chi connectivity index (χ0v) is 11.3. The van der Waals surface area contributed by atoms with E-state index in [1.807, 2.05) is 50.2 Å². The van der Waals surface area contributed by atoms with Crippen molar-refractivity contribution in [1.29, 1.82) is 0 Å². The SMILES string of the molecule is Cc1ccc(C(=O)C[C@H](O)c2ccc(C)cc2)cc1. The van der Waals surface area contributed by atoms with Crippen LogP contribution in [0, 0.1) is 13.8 Å². The Kier molecular flexibility index (Phi) is 4.13. The van der Waals surface area contributed by atoms with Crippen LogP contribution in [-0.4, -0.2) is 10.9 Å². The van der Waals surface area contributed by atoms with Gasteiger partial charge in [-0.1, -0.05) is 59.7 Å². The maximum absolute atomic E-state index is 12.0. The van der Waals surface area contributed by atoms with E-state index < -0.39 is 6.10 Å². The molecule has 98 valence electrons. The molecule has 0 spiro atoms. The zero-order chi connectivity index (χ0) is 13.8. The summed E-state index contributed by atoms with van der Waals surface area (Å²) in [6, 6.07) is 15.0. The predicted octanol–water partition coefficient (Wildman–Crippen LogP) is 3.61. The standard InChI is InChI=1S/C17H18O2/c1-12-3-7-14(8-4-12)16(18)11-17(19)15-9-5-13(2)6-10-15/h3-10,16,18H,11H2,1-2H3/t16-/m0/s1. The van der Waals surface area contributed by atoms with Crippen LogP contribution in [0.1, 0.15) is 39.6 Å². The summed E-state index contributed by atoms with van der Waals surface area (Å²) in [5.41, 5.74) is 3.69. The number of aliphatic hydroxyl groups excluding tert-OH is 1. The van der Waals surface area contributed by atoms with E-state index >= 15 is 0 Å². The summed E-state index contributed by atoms with van der Waals surface area (Å²) < 4.78 is 0. The van der Waals surface area contributed by atoms with E-state index in [1.165, 1.54) is 0 Å². The van der Waals surface area contributed by atoms with E-state index in [1.54, 1.807) is 12.1 Å². The molecule has 1 N–H and O–H groups in total. The van der Waals surface area contributed by atoms with Crippen LogP contribution in [0.2, 0.25) is 0 Å². The first-order chi connectivity index (χ1) is 9.06. The number of carbonyl (C=O) groups is 1. The highest BCUT2D eigenvalue weighted by Gasteiger charge is 2.14. The number of hydrogen-bond acceptors (Lipinski definition) is 2. The lowest BCUT2D eigenvalue weighted by atomic mass is 9.99. The summed E-state index contributed by atoms with van der Waals surface area (Å²) in [5.74, 6) is -0.0342. The number of carbonyl (C=O) groups excluding carboxylic acids is 1. The van der Waals surface area contributed by atoms with Gasteiger partial charge in [0.1, 0.15) is 0 Å². The van der Waals surface area contributed by atoms with Gasteiger partial charge in [0.25, 0.3) is 0 Å². The number of rotatable bonds is 4. The van der Waals surface area contributed by atoms with Crippen molar-refractivity contribution in [3.63, 3.8) is 0 Å². The number of ketones is 1. The topological polar surface area (TPSA) is 37.3 Å². The maximum atomic E-state index is 12.0. The molecule has 0 aliphatic carbocycles. The fraction of sp³-hybridized carbons (Fsp3) is 0.235. The molecule has 0 heterocycles. The molecule has 0 fully saturated rings. The first-order valence-corrected chi connectivity index (χ1v) is 6.41. The predicted molar refractivity (Wildman–Crippen MR) is 76.3 cm³/mol. The van der Waals surface area contributed by atoms with E-state index in [0.717, 1.165) is 16.7 Å². The van der Waals surface area contributed by atoms with Gasteiger partial charge in [0.2, 0.25) is 0 Å². The van der Waals surface area contributed by atoms with Crippen molar-refractivity contribution in [1.82, 2.24) is 0 Å². The van der Waals surface area contributed by atoms with Crippen LogP contribution in [0.3, 0.4) is 0 Å². The highest BCUT2D eigenvalue weighted by Crippen LogP contribution is 2.19. The quantitative estimate of drug-likeness (QED) is 0.846. The molecule has 0 saturated carbocycles. The monoisotopic (exact) mass is 254 g/mol. The molecule has 0 aromatic heterocycles. The molecule has 0 radical (unpaired) electrons. The van der Waals surface area contributed by atoms with Gasteiger partial charge in [0.05, 0.1) is 6.10 Å². The molecule has 0 bridgehead atoms. The highest BCUT2D eigenvalue weighted by atomic mass is 16.3. The average Bonchev–Trinajstić information content (AvgIpc) is 2.40. The molecular weight excluding hydrogens is 236 g/mol. The Labute approximate surface area is 113 Å². The number of hydrogen-bond donors (Lipinski definition) is 1. The van der Waals surface area contributed by atoms with Crippen molar-refractivity contribution in [3.05, 3.63) is 70.8 Å². The number of aryl methyl sites for hydroxylation is 2. The number of benzene rings is 2. The van der Waals surface area contributed by atoms with Gasteiger partial charge in [-0.25, -0.2) is 0 Å². The second-order valence-corrected chi connectivity index (χ2v) is 4.92. The molecule has 0 amide bonds. The van der Waals surface area contributed by atoms with E-state index in [0.29, 0.717) is 5.56 Å². The molecule has 2 aromatic carbocycles. The van der Waals surface area contributed by atoms with Crippen LogP contribution < -0.4 is 0 Å². The van der Waals surface area contributed by atoms with Gasteiger partial charge >= 0.3 is 0 Å². The molecule has 19 heavy (non-hydrogen) atoms. The highest BCUT2D eigenvalue weighted by molar-refractivity contribution is 5.96. The minimum absolute atomic E-state index is 0.0342. The van der Waals surface area contributed by atoms with Crippen LogP contribution >= 0.6 is 0 Å². The Morgan fingerprint density at radius 1 is 0.947 bits per heavy atom. The molecule has 1 atom stereocenters. The fourth-order valence-corrected chi connectivity index (χ4v) is 1.94. The lowest BCUT2D eigenvalue weighted by molar-refractivity contribution is 0.0880. The molecule has 2 nitrogen and oxygen atoms in total. The van der Waals surface area contributed by atoms with Gasteiger partial charge < -0.3 is 5.11 Å². The normalized spacial score (nSPS) is 12.2. The second-order valence-electron chi connectivity index (χ2n) is 4.92. The van der Waals surface area contributed by atoms with Crippen molar-refractivity contribution >= 4 is 5.78 Å². The third kappa shape index (κ3) is 3.52. The Balaban J connectivity index is 2.06. The third-order valence-electron chi connectivity index (χ3n) is 3.21. The minimum Gasteiger partial charge on any atom is -0.388 e. The van der Waals surface area contributed by atoms with Crippen LogP contribution in [-0.2, 0) is 0 Å². The Bertz CT molecular complexity index is 553. The summed E-state index contributed by atoms with van der Waals surface area (Å²) in [4.78, 5) is 12.0. The molecular formula is C17H18O2. The second kappa shape index (κ2) is 5.81. The van der Waals surface area contributed by atoms with E-state index in [-0.39, 0.29) is 12.2 Å². The summed E-state index contributed by atoms with van der Waals surface area (Å²) >= 11 is 0. The van der Waals surface area contributed by atoms with Crippen LogP contribution in [0.15, 0.2) is 48.5 Å². The van der Waals surface area contributed by atoms with Crippen LogP contribution in [0.4, 0.5) is 0 Å². The van der Waals surface area contributed by atoms with Gasteiger partial charge in [-0.15, -0.1) is 0 Å². The van der Waals surface area contributed by atoms with Gasteiger partial charge in [-0.2, -0.15) is 0 Å². The van der Waals surface area contributed by atoms with Gasteiger partial charge in [-0.3, -0.25) is 4.79 Å². The molecule has 0 saturated heterocycles. The molecule has 2 heteroatoms. The van der Waals surface area contributed by atoms with Gasteiger partial charge in [0.15, 0.2) is 5.78 Å². The Hall–Kier alpha value is -1.93. The summed E-state index contributed by atoms with van der Waals surface area (Å²) in [7, 11) is 0. The van der Waals surface area contributed by atoms with Crippen molar-refractivity contribution < 1.29 is 9.90 Å². The van der Waals surface area contributed by atoms with Crippen molar-refractivity contribution in [2.45, 2.75) is 26.4 Å². The fourth-order valence-electron chi connectivity index (χ4n) is 1.94. The van der Waals surface area contributed by atoms with Crippen LogP contribution in [0.25, 0.3) is 0 Å². The maximum Gasteiger partial charge on any atom is 0.165 e. The molecule has 0 unspecified atom stereocenters. The van der Waals surface area contributed by atoms with E-state index in [4.69, 9.17) is 0 Å². The lowest BCUT2D eigenvalue weighted by Crippen LogP contribution is -2.07. The Morgan fingerprint density at radius 2 is 1.42 bits per heavy atom. The third-order valence-corrected chi connectivity index (χ3v) is 3.21. The average molecular weight is 254 g/mol. The zero-order valence-electron chi connectivity index (χ0n) is 11.3. The van der Waals surface area contributed by atoms with Gasteiger partial charge in [0, 0.05) is 12.0 Å². The van der Waals surface area contributed by atoms with Crippen molar-refractivity contribution in [3.8, 4) is 0 Å². The largest absolute Gasteiger partial charge is 0.388 e. The summed E-state index contributed by atoms with van der Waals surface area (Å²) in [5, 5.41) is 10.1. The van der Waals surface area contributed by atoms with Crippen LogP contribution in [0.5, 0.6) is 0 Å². The summed E-state index contributed by atoms with van der Waals surface area (Å²) in [6.45, 7) is 3.98. The Morgan fingerprint density at radius 3 is 1.95 bits per heavy atom. The van der Waals surface area contributed by atoms with Gasteiger partial charge in [-0.05, 0) is 19.4 Å². The summed E-state index contributed by atoms with van der Waals surface area (Å²) in [6.07, 6.45) is -0.624. The molecule has 2 rings (SSSR count). The van der Waals surface area contributed by atoms with Crippen molar-refractivity contribution in [2.24, 2.45) is 0 Å². The number of aliphatic hydroxyl groups is 1. The lowest BCUT2D eigenvalue weighted by Gasteiger charge is -2.10. The molecule has 2 aromatic rings. The van der Waals surface area contributed by atoms with E-state index in [2.05, 4.69) is 0 Å². The van der Waals surface area contributed by atoms with Crippen molar-refractivity contribution in [2.75, 3.05) is 0 Å². The molecule has 0 aliphatic rings. The smallest absolute Gasteiger partial charge is 0.165 e. The first kappa shape index (κ1) is 13.5. The van der Waals surface area contributed by atoms with E-state index in [9.17, 15) is 9.90 Å². The minimum atomic E-state index is -0.741. The number of Topliss-reactive ketones (excluding diaryl/α,β-unsaturated/α-hetero) is 1.